The van der Waals surface area contributed by atoms with Gasteiger partial charge in [0.05, 0.1) is 12.2 Å². The van der Waals surface area contributed by atoms with Gasteiger partial charge >= 0.3 is 0 Å². The Labute approximate surface area is 170 Å². The van der Waals surface area contributed by atoms with E-state index in [4.69, 9.17) is 4.74 Å². The van der Waals surface area contributed by atoms with Gasteiger partial charge in [-0.15, -0.1) is 11.3 Å². The molecular weight excluding hydrogens is 370 g/mol. The second kappa shape index (κ2) is 8.01. The van der Waals surface area contributed by atoms with Gasteiger partial charge in [0.25, 0.3) is 5.91 Å². The smallest absolute Gasteiger partial charge is 0.257 e. The first-order chi connectivity index (χ1) is 13.8. The van der Waals surface area contributed by atoms with E-state index in [1.165, 1.54) is 29.7 Å². The number of hydrogen-bond donors (Lipinski definition) is 0. The van der Waals surface area contributed by atoms with Crippen LogP contribution in [-0.4, -0.2) is 66.2 Å². The van der Waals surface area contributed by atoms with Gasteiger partial charge in [0.1, 0.15) is 5.00 Å². The number of nitrogens with zero attached hydrogens (tertiary/aromatic N) is 3. The van der Waals surface area contributed by atoms with Gasteiger partial charge in [-0.2, -0.15) is 0 Å². The van der Waals surface area contributed by atoms with Crippen LogP contribution in [0.1, 0.15) is 40.1 Å². The number of aromatic nitrogens is 1. The van der Waals surface area contributed by atoms with Gasteiger partial charge in [-0.05, 0) is 55.7 Å². The monoisotopic (exact) mass is 399 g/mol. The zero-order valence-corrected chi connectivity index (χ0v) is 17.3. The van der Waals surface area contributed by atoms with Crippen molar-refractivity contribution < 1.29 is 9.53 Å². The number of ether oxygens (including phenoxy) is 1. The Kier molecular flexibility index (Phi) is 5.26. The van der Waals surface area contributed by atoms with Gasteiger partial charge in [0, 0.05) is 56.6 Å². The molecule has 1 aliphatic carbocycles. The fourth-order valence-electron chi connectivity index (χ4n) is 4.81. The van der Waals surface area contributed by atoms with E-state index in [1.54, 1.807) is 0 Å². The van der Waals surface area contributed by atoms with Crippen molar-refractivity contribution in [2.75, 3.05) is 45.9 Å². The largest absolute Gasteiger partial charge is 0.381 e. The highest BCUT2D eigenvalue weighted by atomic mass is 32.1. The standard InChI is InChI=1S/C22H29N3O2S/c26-21(24-12-10-23(11-13-24)15-17-7-14-27-16-17)20-18-5-1-2-6-19(18)28-22(20)25-8-3-4-9-25/h3-4,8-9,17H,1-2,5-7,10-16H2. The van der Waals surface area contributed by atoms with Gasteiger partial charge in [-0.1, -0.05) is 0 Å². The number of fused-ring (bicyclic) bond motifs is 1. The molecule has 3 aliphatic rings. The molecule has 150 valence electrons. The van der Waals surface area contributed by atoms with Gasteiger partial charge in [-0.25, -0.2) is 0 Å². The van der Waals surface area contributed by atoms with Crippen LogP contribution in [0.5, 0.6) is 0 Å². The van der Waals surface area contributed by atoms with Crippen molar-refractivity contribution in [3.05, 3.63) is 40.5 Å². The maximum Gasteiger partial charge on any atom is 0.257 e. The summed E-state index contributed by atoms with van der Waals surface area (Å²) in [6.45, 7) is 6.56. The van der Waals surface area contributed by atoms with E-state index >= 15 is 0 Å². The van der Waals surface area contributed by atoms with Crippen LogP contribution in [-0.2, 0) is 17.6 Å². The molecule has 1 unspecified atom stereocenters. The summed E-state index contributed by atoms with van der Waals surface area (Å²) in [4.78, 5) is 19.6. The number of amides is 1. The quantitative estimate of drug-likeness (QED) is 0.792. The lowest BCUT2D eigenvalue weighted by Gasteiger charge is -2.36. The topological polar surface area (TPSA) is 37.7 Å². The molecule has 2 aromatic heterocycles. The Hall–Kier alpha value is -1.63. The molecule has 5 nitrogen and oxygen atoms in total. The first-order valence-corrected chi connectivity index (χ1v) is 11.5. The molecular formula is C22H29N3O2S. The Morgan fingerprint density at radius 3 is 2.64 bits per heavy atom. The molecule has 0 aromatic carbocycles. The van der Waals surface area contributed by atoms with Crippen LogP contribution in [0.3, 0.4) is 0 Å². The lowest BCUT2D eigenvalue weighted by Crippen LogP contribution is -2.50. The lowest BCUT2D eigenvalue weighted by molar-refractivity contribution is 0.0610. The zero-order valence-electron chi connectivity index (χ0n) is 16.4. The minimum Gasteiger partial charge on any atom is -0.381 e. The van der Waals surface area contributed by atoms with E-state index in [0.29, 0.717) is 5.92 Å². The maximum absolute atomic E-state index is 13.6. The number of carbonyl (C=O) groups excluding carboxylic acids is 1. The van der Waals surface area contributed by atoms with Crippen LogP contribution in [0.4, 0.5) is 0 Å². The number of hydrogen-bond acceptors (Lipinski definition) is 4. The molecule has 28 heavy (non-hydrogen) atoms. The van der Waals surface area contributed by atoms with Crippen molar-refractivity contribution in [1.29, 1.82) is 0 Å². The summed E-state index contributed by atoms with van der Waals surface area (Å²) in [7, 11) is 0. The molecule has 0 bridgehead atoms. The fraction of sp³-hybridized carbons (Fsp3) is 0.591. The molecule has 2 aliphatic heterocycles. The molecule has 5 rings (SSSR count). The highest BCUT2D eigenvalue weighted by molar-refractivity contribution is 7.15. The summed E-state index contributed by atoms with van der Waals surface area (Å²) < 4.78 is 7.65. The van der Waals surface area contributed by atoms with Crippen LogP contribution in [0.15, 0.2) is 24.5 Å². The Balaban J connectivity index is 1.33. The molecule has 2 aromatic rings. The van der Waals surface area contributed by atoms with E-state index in [0.717, 1.165) is 69.3 Å². The SMILES string of the molecule is O=C(c1c(-n2cccc2)sc2c1CCCC2)N1CCN(CC2CCOC2)CC1. The van der Waals surface area contributed by atoms with E-state index in [1.807, 2.05) is 23.5 Å². The van der Waals surface area contributed by atoms with Gasteiger partial charge in [-0.3, -0.25) is 9.69 Å². The molecule has 1 atom stereocenters. The Bertz CT molecular complexity index is 815. The van der Waals surface area contributed by atoms with Gasteiger partial charge < -0.3 is 14.2 Å². The van der Waals surface area contributed by atoms with Crippen LogP contribution >= 0.6 is 11.3 Å². The number of thiophene rings is 1. The van der Waals surface area contributed by atoms with E-state index < -0.39 is 0 Å². The average molecular weight is 400 g/mol. The summed E-state index contributed by atoms with van der Waals surface area (Å²) >= 11 is 1.83. The van der Waals surface area contributed by atoms with E-state index in [-0.39, 0.29) is 5.91 Å². The summed E-state index contributed by atoms with van der Waals surface area (Å²) in [5.41, 5.74) is 2.31. The Morgan fingerprint density at radius 1 is 1.11 bits per heavy atom. The maximum atomic E-state index is 13.6. The van der Waals surface area contributed by atoms with Crippen molar-refractivity contribution in [2.24, 2.45) is 5.92 Å². The van der Waals surface area contributed by atoms with Crippen LogP contribution in [0, 0.1) is 5.92 Å². The van der Waals surface area contributed by atoms with Crippen LogP contribution in [0.2, 0.25) is 0 Å². The third-order valence-electron chi connectivity index (χ3n) is 6.41. The second-order valence-electron chi connectivity index (χ2n) is 8.30. The summed E-state index contributed by atoms with van der Waals surface area (Å²) in [5.74, 6) is 0.915. The second-order valence-corrected chi connectivity index (χ2v) is 9.39. The lowest BCUT2D eigenvalue weighted by atomic mass is 9.95. The predicted molar refractivity (Wildman–Crippen MR) is 112 cm³/mol. The zero-order chi connectivity index (χ0) is 18.9. The summed E-state index contributed by atoms with van der Waals surface area (Å²) in [6, 6.07) is 4.08. The fourth-order valence-corrected chi connectivity index (χ4v) is 6.15. The summed E-state index contributed by atoms with van der Waals surface area (Å²) in [6.07, 6.45) is 9.93. The van der Waals surface area contributed by atoms with Crippen LogP contribution in [0.25, 0.3) is 5.00 Å². The molecule has 1 amide bonds. The number of piperazine rings is 1. The first-order valence-electron chi connectivity index (χ1n) is 10.7. The van der Waals surface area contributed by atoms with Crippen molar-refractivity contribution in [2.45, 2.75) is 32.1 Å². The van der Waals surface area contributed by atoms with Gasteiger partial charge in [0.15, 0.2) is 0 Å². The normalized spacial score (nSPS) is 23.1. The molecule has 2 fully saturated rings. The van der Waals surface area contributed by atoms with Crippen LogP contribution < -0.4 is 0 Å². The highest BCUT2D eigenvalue weighted by Crippen LogP contribution is 2.37. The Morgan fingerprint density at radius 2 is 1.89 bits per heavy atom. The van der Waals surface area contributed by atoms with Crippen molar-refractivity contribution in [3.8, 4) is 5.00 Å². The number of aryl methyl sites for hydroxylation is 1. The number of carbonyl (C=O) groups is 1. The molecule has 0 spiro atoms. The van der Waals surface area contributed by atoms with Gasteiger partial charge in [0.2, 0.25) is 0 Å². The minimum atomic E-state index is 0.243. The third-order valence-corrected chi connectivity index (χ3v) is 7.71. The average Bonchev–Trinajstić information content (AvgIpc) is 3.48. The predicted octanol–water partition coefficient (Wildman–Crippen LogP) is 3.21. The molecule has 6 heteroatoms. The minimum absolute atomic E-state index is 0.243. The molecule has 0 N–H and O–H groups in total. The van der Waals surface area contributed by atoms with Crippen molar-refractivity contribution >= 4 is 17.2 Å². The van der Waals surface area contributed by atoms with E-state index in [2.05, 4.69) is 26.8 Å². The van der Waals surface area contributed by atoms with Crippen molar-refractivity contribution in [1.82, 2.24) is 14.4 Å². The van der Waals surface area contributed by atoms with Crippen molar-refractivity contribution in [3.63, 3.8) is 0 Å². The number of rotatable bonds is 4. The molecule has 4 heterocycles. The highest BCUT2D eigenvalue weighted by Gasteiger charge is 2.31. The third kappa shape index (κ3) is 3.53. The summed E-state index contributed by atoms with van der Waals surface area (Å²) in [5, 5.41) is 1.12. The molecule has 2 saturated heterocycles. The van der Waals surface area contributed by atoms with E-state index in [9.17, 15) is 4.79 Å². The molecule has 0 saturated carbocycles. The molecule has 0 radical (unpaired) electrons. The first kappa shape index (κ1) is 18.4.